The minimum atomic E-state index is -3.30. The lowest BCUT2D eigenvalue weighted by atomic mass is 10.1. The number of nitrogen functional groups attached to an aromatic ring is 1. The molecule has 19 heavy (non-hydrogen) atoms. The molecule has 0 saturated carbocycles. The lowest BCUT2D eigenvalue weighted by Gasteiger charge is -2.05. The van der Waals surface area contributed by atoms with Gasteiger partial charge in [-0.2, -0.15) is 0 Å². The zero-order valence-electron chi connectivity index (χ0n) is 10.2. The number of nitrogens with zero attached hydrogens (tertiary/aromatic N) is 2. The van der Waals surface area contributed by atoms with Crippen LogP contribution in [0.4, 0.5) is 0 Å². The molecule has 2 heterocycles. The number of hydrogen-bond donors (Lipinski definition) is 2. The van der Waals surface area contributed by atoms with Gasteiger partial charge in [0.2, 0.25) is 0 Å². The summed E-state index contributed by atoms with van der Waals surface area (Å²) in [4.78, 5) is 8.01. The molecule has 7 heteroatoms. The standard InChI is InChI=1S/C12H12N4O2S/c1-19(17,18)10-4-9(6-15-7-10)8-2-3-16-11(5-8)12(13)14/h2-7H,1H3,(H3,13,14). The van der Waals surface area contributed by atoms with Crippen LogP contribution in [-0.2, 0) is 9.84 Å². The average Bonchev–Trinajstić information content (AvgIpc) is 2.38. The summed E-state index contributed by atoms with van der Waals surface area (Å²) in [6, 6.07) is 4.85. The molecular weight excluding hydrogens is 264 g/mol. The highest BCUT2D eigenvalue weighted by atomic mass is 32.2. The summed E-state index contributed by atoms with van der Waals surface area (Å²) < 4.78 is 23.0. The number of sulfone groups is 1. The Kier molecular flexibility index (Phi) is 3.30. The van der Waals surface area contributed by atoms with Crippen molar-refractivity contribution in [2.45, 2.75) is 4.90 Å². The maximum Gasteiger partial charge on any atom is 0.177 e. The molecule has 2 aromatic rings. The molecule has 0 aliphatic rings. The van der Waals surface area contributed by atoms with E-state index in [0.29, 0.717) is 16.8 Å². The molecule has 0 radical (unpaired) electrons. The van der Waals surface area contributed by atoms with Gasteiger partial charge in [0.15, 0.2) is 9.84 Å². The summed E-state index contributed by atoms with van der Waals surface area (Å²) in [7, 11) is -3.30. The maximum absolute atomic E-state index is 11.5. The fourth-order valence-electron chi connectivity index (χ4n) is 1.54. The lowest BCUT2D eigenvalue weighted by Crippen LogP contribution is -2.12. The largest absolute Gasteiger partial charge is 0.382 e. The van der Waals surface area contributed by atoms with E-state index >= 15 is 0 Å². The second kappa shape index (κ2) is 4.77. The fraction of sp³-hybridized carbons (Fsp3) is 0.0833. The van der Waals surface area contributed by atoms with Crippen molar-refractivity contribution in [1.29, 1.82) is 5.41 Å². The van der Waals surface area contributed by atoms with Crippen LogP contribution in [0.3, 0.4) is 0 Å². The van der Waals surface area contributed by atoms with Crippen LogP contribution in [-0.4, -0.2) is 30.5 Å². The fourth-order valence-corrected chi connectivity index (χ4v) is 2.13. The Morgan fingerprint density at radius 1 is 1.26 bits per heavy atom. The van der Waals surface area contributed by atoms with Gasteiger partial charge < -0.3 is 5.73 Å². The first-order valence-electron chi connectivity index (χ1n) is 5.34. The predicted octanol–water partition coefficient (Wildman–Crippen LogP) is 0.831. The van der Waals surface area contributed by atoms with Crippen molar-refractivity contribution >= 4 is 15.7 Å². The van der Waals surface area contributed by atoms with E-state index in [-0.39, 0.29) is 10.7 Å². The second-order valence-corrected chi connectivity index (χ2v) is 6.04. The molecule has 0 fully saturated rings. The number of amidine groups is 1. The van der Waals surface area contributed by atoms with Gasteiger partial charge in [0.25, 0.3) is 0 Å². The Morgan fingerprint density at radius 2 is 2.00 bits per heavy atom. The third-order valence-corrected chi connectivity index (χ3v) is 3.59. The van der Waals surface area contributed by atoms with Gasteiger partial charge in [-0.3, -0.25) is 15.4 Å². The summed E-state index contributed by atoms with van der Waals surface area (Å²) in [5.74, 6) is -0.144. The highest BCUT2D eigenvalue weighted by molar-refractivity contribution is 7.90. The molecule has 0 saturated heterocycles. The number of nitrogens with two attached hydrogens (primary N) is 1. The third kappa shape index (κ3) is 2.94. The van der Waals surface area contributed by atoms with Crippen molar-refractivity contribution in [3.63, 3.8) is 0 Å². The highest BCUT2D eigenvalue weighted by Gasteiger charge is 2.10. The van der Waals surface area contributed by atoms with E-state index in [1.54, 1.807) is 18.3 Å². The number of nitrogens with one attached hydrogen (secondary N) is 1. The van der Waals surface area contributed by atoms with E-state index in [1.807, 2.05) is 0 Å². The molecule has 2 rings (SSSR count). The van der Waals surface area contributed by atoms with Crippen molar-refractivity contribution in [1.82, 2.24) is 9.97 Å². The molecule has 0 aliphatic carbocycles. The normalized spacial score (nSPS) is 11.2. The van der Waals surface area contributed by atoms with Crippen LogP contribution in [0.2, 0.25) is 0 Å². The molecule has 0 bridgehead atoms. The van der Waals surface area contributed by atoms with Crippen LogP contribution in [0.15, 0.2) is 41.7 Å². The molecule has 6 nitrogen and oxygen atoms in total. The van der Waals surface area contributed by atoms with Gasteiger partial charge in [0, 0.05) is 30.4 Å². The Bertz CT molecular complexity index is 741. The minimum absolute atomic E-state index is 0.144. The summed E-state index contributed by atoms with van der Waals surface area (Å²) in [6.07, 6.45) is 5.49. The number of hydrogen-bond acceptors (Lipinski definition) is 5. The van der Waals surface area contributed by atoms with Crippen molar-refractivity contribution < 1.29 is 8.42 Å². The number of aromatic nitrogens is 2. The summed E-state index contributed by atoms with van der Waals surface area (Å²) in [6.45, 7) is 0. The van der Waals surface area contributed by atoms with Gasteiger partial charge in [-0.15, -0.1) is 0 Å². The van der Waals surface area contributed by atoms with Crippen LogP contribution in [0, 0.1) is 5.41 Å². The van der Waals surface area contributed by atoms with Gasteiger partial charge in [-0.25, -0.2) is 8.42 Å². The smallest absolute Gasteiger partial charge is 0.177 e. The highest BCUT2D eigenvalue weighted by Crippen LogP contribution is 2.21. The maximum atomic E-state index is 11.5. The molecule has 0 spiro atoms. The van der Waals surface area contributed by atoms with Crippen LogP contribution in [0.5, 0.6) is 0 Å². The Labute approximate surface area is 110 Å². The topological polar surface area (TPSA) is 110 Å². The van der Waals surface area contributed by atoms with E-state index in [4.69, 9.17) is 11.1 Å². The first kappa shape index (κ1) is 13.2. The molecule has 0 aromatic carbocycles. The van der Waals surface area contributed by atoms with Crippen molar-refractivity contribution in [3.8, 4) is 11.1 Å². The van der Waals surface area contributed by atoms with Crippen molar-refractivity contribution in [2.75, 3.05) is 6.26 Å². The van der Waals surface area contributed by atoms with Gasteiger partial charge >= 0.3 is 0 Å². The van der Waals surface area contributed by atoms with Crippen molar-refractivity contribution in [2.24, 2.45) is 5.73 Å². The Morgan fingerprint density at radius 3 is 2.63 bits per heavy atom. The van der Waals surface area contributed by atoms with Gasteiger partial charge in [-0.05, 0) is 23.8 Å². The van der Waals surface area contributed by atoms with Gasteiger partial charge in [0.1, 0.15) is 11.5 Å². The molecule has 0 amide bonds. The predicted molar refractivity (Wildman–Crippen MR) is 71.6 cm³/mol. The van der Waals surface area contributed by atoms with E-state index in [1.165, 1.54) is 18.5 Å². The average molecular weight is 276 g/mol. The first-order valence-corrected chi connectivity index (χ1v) is 7.23. The number of rotatable bonds is 3. The minimum Gasteiger partial charge on any atom is -0.382 e. The molecule has 0 atom stereocenters. The van der Waals surface area contributed by atoms with Crippen molar-refractivity contribution in [3.05, 3.63) is 42.5 Å². The van der Waals surface area contributed by atoms with E-state index in [0.717, 1.165) is 6.26 Å². The van der Waals surface area contributed by atoms with Crippen LogP contribution >= 0.6 is 0 Å². The molecule has 98 valence electrons. The van der Waals surface area contributed by atoms with Gasteiger partial charge in [-0.1, -0.05) is 0 Å². The monoisotopic (exact) mass is 276 g/mol. The Hall–Kier alpha value is -2.28. The molecule has 0 unspecified atom stereocenters. The van der Waals surface area contributed by atoms with Crippen LogP contribution < -0.4 is 5.73 Å². The molecular formula is C12H12N4O2S. The van der Waals surface area contributed by atoms with E-state index in [2.05, 4.69) is 9.97 Å². The lowest BCUT2D eigenvalue weighted by molar-refractivity contribution is 0.601. The van der Waals surface area contributed by atoms with Crippen LogP contribution in [0.25, 0.3) is 11.1 Å². The summed E-state index contributed by atoms with van der Waals surface area (Å²) in [5.41, 5.74) is 7.04. The zero-order chi connectivity index (χ0) is 14.0. The van der Waals surface area contributed by atoms with E-state index in [9.17, 15) is 8.42 Å². The Balaban J connectivity index is 2.54. The second-order valence-electron chi connectivity index (χ2n) is 4.02. The molecule has 0 aliphatic heterocycles. The number of pyridine rings is 2. The summed E-state index contributed by atoms with van der Waals surface area (Å²) in [5, 5.41) is 7.34. The quantitative estimate of drug-likeness (QED) is 0.637. The SMILES string of the molecule is CS(=O)(=O)c1cncc(-c2ccnc(C(=N)N)c2)c1. The third-order valence-electron chi connectivity index (χ3n) is 2.51. The first-order chi connectivity index (χ1) is 8.88. The van der Waals surface area contributed by atoms with Crippen LogP contribution in [0.1, 0.15) is 5.69 Å². The zero-order valence-corrected chi connectivity index (χ0v) is 11.0. The molecule has 3 N–H and O–H groups in total. The van der Waals surface area contributed by atoms with E-state index < -0.39 is 9.84 Å². The molecule has 2 aromatic heterocycles. The summed E-state index contributed by atoms with van der Waals surface area (Å²) >= 11 is 0. The van der Waals surface area contributed by atoms with Gasteiger partial charge in [0.05, 0.1) is 4.90 Å².